The zero-order chi connectivity index (χ0) is 26.9. The maximum absolute atomic E-state index is 13.6. The van der Waals surface area contributed by atoms with E-state index in [0.717, 1.165) is 72.3 Å². The fraction of sp³-hybridized carbons (Fsp3) is 0.323. The zero-order valence-electron chi connectivity index (χ0n) is 22.2. The highest BCUT2D eigenvalue weighted by molar-refractivity contribution is 6.19. The largest absolute Gasteiger partial charge is 0.492 e. The van der Waals surface area contributed by atoms with Gasteiger partial charge in [0.15, 0.2) is 5.78 Å². The first kappa shape index (κ1) is 25.1. The third-order valence-electron chi connectivity index (χ3n) is 7.47. The van der Waals surface area contributed by atoms with E-state index in [1.54, 1.807) is 0 Å². The molecule has 4 aromatic rings. The minimum absolute atomic E-state index is 0.0251. The quantitative estimate of drug-likeness (QED) is 0.199. The number of rotatable bonds is 5. The summed E-state index contributed by atoms with van der Waals surface area (Å²) in [5, 5.41) is 6.04. The standard InChI is InChI=1S/C31H31N3O5/c1-3-34-27-12-8-22(30(36)21-6-9-23(10-7-21)33-14-17-37-18-15-33)19-25(27)29-28(34)13-11-24-26(32-39-20(2)35)5-4-16-38-31(24)29/h6-13,19H,3-5,14-18H2,1-2H3/b32-26+. The first-order chi connectivity index (χ1) is 19.0. The molecule has 2 aliphatic rings. The molecule has 0 unspecified atom stereocenters. The van der Waals surface area contributed by atoms with Crippen LogP contribution < -0.4 is 9.64 Å². The van der Waals surface area contributed by atoms with Gasteiger partial charge in [-0.2, -0.15) is 0 Å². The maximum Gasteiger partial charge on any atom is 0.331 e. The summed E-state index contributed by atoms with van der Waals surface area (Å²) in [5.41, 5.74) is 5.93. The normalized spacial score (nSPS) is 16.7. The van der Waals surface area contributed by atoms with Crippen molar-refractivity contribution in [3.63, 3.8) is 0 Å². The van der Waals surface area contributed by atoms with Gasteiger partial charge >= 0.3 is 5.97 Å². The molecule has 2 aliphatic heterocycles. The van der Waals surface area contributed by atoms with E-state index < -0.39 is 5.97 Å². The molecule has 0 bridgehead atoms. The second-order valence-electron chi connectivity index (χ2n) is 9.86. The molecular formula is C31H31N3O5. The van der Waals surface area contributed by atoms with Crippen molar-refractivity contribution in [2.45, 2.75) is 33.2 Å². The number of hydrogen-bond donors (Lipinski definition) is 0. The van der Waals surface area contributed by atoms with Crippen molar-refractivity contribution in [3.05, 3.63) is 71.3 Å². The number of ether oxygens (including phenoxy) is 2. The van der Waals surface area contributed by atoms with E-state index in [4.69, 9.17) is 14.3 Å². The number of ketones is 1. The lowest BCUT2D eigenvalue weighted by Gasteiger charge is -2.28. The minimum atomic E-state index is -0.459. The number of oxime groups is 1. The molecule has 0 spiro atoms. The molecule has 0 amide bonds. The lowest BCUT2D eigenvalue weighted by atomic mass is 9.99. The van der Waals surface area contributed by atoms with Crippen molar-refractivity contribution < 1.29 is 23.9 Å². The van der Waals surface area contributed by atoms with Crippen molar-refractivity contribution in [2.24, 2.45) is 5.16 Å². The highest BCUT2D eigenvalue weighted by atomic mass is 16.7. The number of carbonyl (C=O) groups excluding carboxylic acids is 2. The smallest absolute Gasteiger partial charge is 0.331 e. The van der Waals surface area contributed by atoms with Gasteiger partial charge in [-0.25, -0.2) is 4.79 Å². The summed E-state index contributed by atoms with van der Waals surface area (Å²) < 4.78 is 14.0. The molecule has 0 radical (unpaired) electrons. The molecule has 200 valence electrons. The highest BCUT2D eigenvalue weighted by Gasteiger charge is 2.24. The Hall–Kier alpha value is -4.17. The van der Waals surface area contributed by atoms with E-state index in [-0.39, 0.29) is 5.78 Å². The number of aryl methyl sites for hydroxylation is 1. The number of fused-ring (bicyclic) bond motifs is 5. The van der Waals surface area contributed by atoms with Crippen LogP contribution in [0.1, 0.15) is 48.2 Å². The van der Waals surface area contributed by atoms with E-state index >= 15 is 0 Å². The molecule has 0 N–H and O–H groups in total. The Morgan fingerprint density at radius 3 is 2.44 bits per heavy atom. The highest BCUT2D eigenvalue weighted by Crippen LogP contribution is 2.40. The Morgan fingerprint density at radius 1 is 0.949 bits per heavy atom. The summed E-state index contributed by atoms with van der Waals surface area (Å²) in [6.45, 7) is 7.88. The lowest BCUT2D eigenvalue weighted by Crippen LogP contribution is -2.36. The average molecular weight is 526 g/mol. The number of anilines is 1. The molecular weight excluding hydrogens is 494 g/mol. The fourth-order valence-electron chi connectivity index (χ4n) is 5.59. The Bertz CT molecular complexity index is 1600. The van der Waals surface area contributed by atoms with Gasteiger partial charge in [0.2, 0.25) is 0 Å². The summed E-state index contributed by atoms with van der Waals surface area (Å²) in [7, 11) is 0. The number of benzene rings is 3. The lowest BCUT2D eigenvalue weighted by molar-refractivity contribution is -0.140. The Balaban J connectivity index is 1.43. The molecule has 8 heteroatoms. The fourth-order valence-corrected chi connectivity index (χ4v) is 5.59. The number of morpholine rings is 1. The van der Waals surface area contributed by atoms with Gasteiger partial charge in [-0.15, -0.1) is 0 Å². The van der Waals surface area contributed by atoms with E-state index in [1.165, 1.54) is 6.92 Å². The van der Waals surface area contributed by atoms with Gasteiger partial charge in [0, 0.05) is 59.8 Å². The van der Waals surface area contributed by atoms with Crippen molar-refractivity contribution >= 4 is 45.0 Å². The summed E-state index contributed by atoms with van der Waals surface area (Å²) in [5.74, 6) is 0.231. The Morgan fingerprint density at radius 2 is 1.69 bits per heavy atom. The van der Waals surface area contributed by atoms with Crippen LogP contribution in [0.4, 0.5) is 5.69 Å². The number of nitrogens with zero attached hydrogens (tertiary/aromatic N) is 3. The monoisotopic (exact) mass is 525 g/mol. The van der Waals surface area contributed by atoms with Crippen molar-refractivity contribution in [1.29, 1.82) is 0 Å². The predicted molar refractivity (Wildman–Crippen MR) is 151 cm³/mol. The van der Waals surface area contributed by atoms with Gasteiger partial charge < -0.3 is 23.8 Å². The molecule has 0 aliphatic carbocycles. The third kappa shape index (κ3) is 4.65. The van der Waals surface area contributed by atoms with Crippen LogP contribution in [0.2, 0.25) is 0 Å². The molecule has 0 saturated carbocycles. The van der Waals surface area contributed by atoms with Gasteiger partial charge in [-0.1, -0.05) is 5.16 Å². The van der Waals surface area contributed by atoms with Crippen LogP contribution in [0.3, 0.4) is 0 Å². The number of aromatic nitrogens is 1. The predicted octanol–water partition coefficient (Wildman–Crippen LogP) is 5.32. The number of carbonyl (C=O) groups is 2. The molecule has 3 heterocycles. The van der Waals surface area contributed by atoms with Crippen LogP contribution >= 0.6 is 0 Å². The molecule has 39 heavy (non-hydrogen) atoms. The van der Waals surface area contributed by atoms with Crippen LogP contribution in [0.5, 0.6) is 5.75 Å². The van der Waals surface area contributed by atoms with Gasteiger partial charge in [-0.05, 0) is 74.4 Å². The first-order valence-corrected chi connectivity index (χ1v) is 13.5. The summed E-state index contributed by atoms with van der Waals surface area (Å²) in [6.07, 6.45) is 1.40. The van der Waals surface area contributed by atoms with E-state index in [0.29, 0.717) is 35.6 Å². The number of hydrogen-bond acceptors (Lipinski definition) is 7. The maximum atomic E-state index is 13.6. The minimum Gasteiger partial charge on any atom is -0.492 e. The van der Waals surface area contributed by atoms with Gasteiger partial charge in [0.25, 0.3) is 0 Å². The van der Waals surface area contributed by atoms with Gasteiger partial charge in [0.1, 0.15) is 5.75 Å². The Labute approximate surface area is 226 Å². The van der Waals surface area contributed by atoms with E-state index in [1.807, 2.05) is 48.5 Å². The molecule has 8 nitrogen and oxygen atoms in total. The SMILES string of the molecule is CCn1c2ccc(C(=O)c3ccc(N4CCOCC4)cc3)cc2c2c3c(ccc21)/C(=N/OC(C)=O)CCCO3. The van der Waals surface area contributed by atoms with Crippen LogP contribution in [0, 0.1) is 0 Å². The molecule has 6 rings (SSSR count). The van der Waals surface area contributed by atoms with Gasteiger partial charge in [0.05, 0.1) is 36.4 Å². The van der Waals surface area contributed by atoms with Crippen LogP contribution in [0.25, 0.3) is 21.8 Å². The molecule has 0 atom stereocenters. The van der Waals surface area contributed by atoms with Gasteiger partial charge in [-0.3, -0.25) is 4.79 Å². The third-order valence-corrected chi connectivity index (χ3v) is 7.47. The van der Waals surface area contributed by atoms with Crippen LogP contribution in [-0.2, 0) is 20.9 Å². The Kier molecular flexibility index (Phi) is 6.79. The average Bonchev–Trinajstić information content (AvgIpc) is 3.14. The second kappa shape index (κ2) is 10.5. The zero-order valence-corrected chi connectivity index (χ0v) is 22.2. The second-order valence-corrected chi connectivity index (χ2v) is 9.86. The van der Waals surface area contributed by atoms with Crippen molar-refractivity contribution in [1.82, 2.24) is 4.57 Å². The molecule has 1 saturated heterocycles. The van der Waals surface area contributed by atoms with Crippen LogP contribution in [0.15, 0.2) is 59.8 Å². The van der Waals surface area contributed by atoms with E-state index in [9.17, 15) is 9.59 Å². The topological polar surface area (TPSA) is 82.4 Å². The molecule has 1 aromatic heterocycles. The molecule has 3 aromatic carbocycles. The molecule has 1 fully saturated rings. The van der Waals surface area contributed by atoms with Crippen LogP contribution in [-0.4, -0.2) is 54.9 Å². The first-order valence-electron chi connectivity index (χ1n) is 13.5. The summed E-state index contributed by atoms with van der Waals surface area (Å²) >= 11 is 0. The summed E-state index contributed by atoms with van der Waals surface area (Å²) in [4.78, 5) is 32.3. The van der Waals surface area contributed by atoms with Crippen molar-refractivity contribution in [3.8, 4) is 5.75 Å². The van der Waals surface area contributed by atoms with E-state index in [2.05, 4.69) is 27.6 Å². The van der Waals surface area contributed by atoms with Crippen molar-refractivity contribution in [2.75, 3.05) is 37.8 Å². The summed E-state index contributed by atoms with van der Waals surface area (Å²) in [6, 6.07) is 17.8.